The molecule has 0 radical (unpaired) electrons. The van der Waals surface area contributed by atoms with Crippen molar-refractivity contribution in [3.8, 4) is 6.07 Å². The summed E-state index contributed by atoms with van der Waals surface area (Å²) in [6, 6.07) is 12.6. The predicted molar refractivity (Wildman–Crippen MR) is 127 cm³/mol. The van der Waals surface area contributed by atoms with Crippen LogP contribution in [0, 0.1) is 17.2 Å². The molecule has 1 aromatic carbocycles. The van der Waals surface area contributed by atoms with Crippen LogP contribution < -0.4 is 5.32 Å². The van der Waals surface area contributed by atoms with Gasteiger partial charge in [0, 0.05) is 19.0 Å². The third-order valence-corrected chi connectivity index (χ3v) is 7.51. The molecule has 5 heteroatoms. The van der Waals surface area contributed by atoms with Gasteiger partial charge in [-0.2, -0.15) is 5.26 Å². The van der Waals surface area contributed by atoms with Gasteiger partial charge in [0.25, 0.3) is 0 Å². The summed E-state index contributed by atoms with van der Waals surface area (Å²) in [6.07, 6.45) is 10.2. The maximum atomic E-state index is 12.9. The molecule has 1 N–H and O–H groups in total. The van der Waals surface area contributed by atoms with Crippen LogP contribution in [0.1, 0.15) is 90.0 Å². The van der Waals surface area contributed by atoms with Gasteiger partial charge in [0.2, 0.25) is 11.8 Å². The zero-order valence-corrected chi connectivity index (χ0v) is 19.8. The van der Waals surface area contributed by atoms with E-state index in [0.717, 1.165) is 50.5 Å². The van der Waals surface area contributed by atoms with E-state index in [0.29, 0.717) is 13.0 Å². The Morgan fingerprint density at radius 2 is 1.81 bits per heavy atom. The van der Waals surface area contributed by atoms with Crippen molar-refractivity contribution < 1.29 is 9.59 Å². The molecule has 0 aromatic heterocycles. The molecule has 1 saturated carbocycles. The molecular weight excluding hydrogens is 398 g/mol. The first-order valence-electron chi connectivity index (χ1n) is 12.5. The van der Waals surface area contributed by atoms with E-state index in [9.17, 15) is 14.9 Å². The van der Waals surface area contributed by atoms with Gasteiger partial charge in [0.05, 0.1) is 11.5 Å². The van der Waals surface area contributed by atoms with Crippen molar-refractivity contribution in [3.05, 3.63) is 35.9 Å². The molecule has 174 valence electrons. The van der Waals surface area contributed by atoms with E-state index in [1.165, 1.54) is 19.3 Å². The first kappa shape index (κ1) is 24.3. The molecule has 1 saturated heterocycles. The first-order chi connectivity index (χ1) is 15.5. The number of hydrogen-bond acceptors (Lipinski definition) is 3. The zero-order chi connectivity index (χ0) is 23.0. The van der Waals surface area contributed by atoms with E-state index < -0.39 is 5.41 Å². The van der Waals surface area contributed by atoms with Crippen LogP contribution in [0.4, 0.5) is 0 Å². The monoisotopic (exact) mass is 437 g/mol. The van der Waals surface area contributed by atoms with Gasteiger partial charge in [-0.1, -0.05) is 69.9 Å². The van der Waals surface area contributed by atoms with Crippen molar-refractivity contribution in [1.82, 2.24) is 10.2 Å². The summed E-state index contributed by atoms with van der Waals surface area (Å²) >= 11 is 0. The Labute approximate surface area is 193 Å². The van der Waals surface area contributed by atoms with Gasteiger partial charge in [0.15, 0.2) is 0 Å². The first-order valence-corrected chi connectivity index (χ1v) is 12.5. The fourth-order valence-electron chi connectivity index (χ4n) is 5.46. The van der Waals surface area contributed by atoms with Crippen LogP contribution in [0.5, 0.6) is 0 Å². The Morgan fingerprint density at radius 1 is 1.09 bits per heavy atom. The lowest BCUT2D eigenvalue weighted by atomic mass is 9.69. The Bertz CT molecular complexity index is 795. The maximum Gasteiger partial charge on any atom is 0.243 e. The maximum absolute atomic E-state index is 12.9. The van der Waals surface area contributed by atoms with Crippen LogP contribution in [0.15, 0.2) is 30.3 Å². The summed E-state index contributed by atoms with van der Waals surface area (Å²) in [5.41, 5.74) is 0.531. The second-order valence-electron chi connectivity index (χ2n) is 9.90. The number of hydrogen-bond donors (Lipinski definition) is 1. The van der Waals surface area contributed by atoms with Crippen LogP contribution >= 0.6 is 0 Å². The molecule has 5 nitrogen and oxygen atoms in total. The van der Waals surface area contributed by atoms with Crippen LogP contribution in [0.25, 0.3) is 0 Å². The third-order valence-electron chi connectivity index (χ3n) is 7.51. The average molecular weight is 438 g/mol. The minimum absolute atomic E-state index is 0.0372. The minimum atomic E-state index is -0.527. The lowest BCUT2D eigenvalue weighted by Gasteiger charge is -2.31. The summed E-state index contributed by atoms with van der Waals surface area (Å²) in [4.78, 5) is 27.6. The van der Waals surface area contributed by atoms with Gasteiger partial charge in [-0.25, -0.2) is 0 Å². The molecule has 1 aliphatic heterocycles. The summed E-state index contributed by atoms with van der Waals surface area (Å²) in [5, 5.41) is 13.2. The second-order valence-corrected chi connectivity index (χ2v) is 9.90. The van der Waals surface area contributed by atoms with Crippen molar-refractivity contribution in [2.24, 2.45) is 5.92 Å². The number of nitrogens with zero attached hydrogens (tertiary/aromatic N) is 2. The summed E-state index contributed by atoms with van der Waals surface area (Å²) < 4.78 is 0. The molecule has 1 aromatic rings. The molecule has 1 heterocycles. The fraction of sp³-hybridized carbons (Fsp3) is 0.667. The Morgan fingerprint density at radius 3 is 2.47 bits per heavy atom. The molecule has 0 unspecified atom stereocenters. The van der Waals surface area contributed by atoms with Crippen molar-refractivity contribution in [2.75, 3.05) is 6.54 Å². The topological polar surface area (TPSA) is 73.2 Å². The van der Waals surface area contributed by atoms with Gasteiger partial charge in [0.1, 0.15) is 6.04 Å². The second kappa shape index (κ2) is 11.5. The number of carbonyl (C=O) groups excluding carboxylic acids is 2. The number of benzene rings is 1. The summed E-state index contributed by atoms with van der Waals surface area (Å²) in [6.45, 7) is 4.88. The van der Waals surface area contributed by atoms with E-state index in [2.05, 4.69) is 25.2 Å². The summed E-state index contributed by atoms with van der Waals surface area (Å²) in [5.74, 6) is 0.310. The highest BCUT2D eigenvalue weighted by Gasteiger charge is 2.36. The predicted octanol–water partition coefficient (Wildman–Crippen LogP) is 5.10. The van der Waals surface area contributed by atoms with Crippen molar-refractivity contribution >= 4 is 11.8 Å². The fourth-order valence-corrected chi connectivity index (χ4v) is 5.46. The highest BCUT2D eigenvalue weighted by molar-refractivity contribution is 5.88. The Balaban J connectivity index is 1.51. The number of nitriles is 1. The summed E-state index contributed by atoms with van der Waals surface area (Å²) in [7, 11) is 0. The van der Waals surface area contributed by atoms with Crippen molar-refractivity contribution in [1.29, 1.82) is 5.26 Å². The Kier molecular flexibility index (Phi) is 8.73. The quantitative estimate of drug-likeness (QED) is 0.546. The molecule has 2 atom stereocenters. The molecule has 2 amide bonds. The van der Waals surface area contributed by atoms with Gasteiger partial charge in [-0.05, 0) is 50.0 Å². The van der Waals surface area contributed by atoms with Crippen LogP contribution in [0.2, 0.25) is 0 Å². The molecule has 1 aliphatic carbocycles. The van der Waals surface area contributed by atoms with E-state index in [-0.39, 0.29) is 29.8 Å². The van der Waals surface area contributed by atoms with Crippen LogP contribution in [-0.2, 0) is 15.0 Å². The van der Waals surface area contributed by atoms with E-state index in [4.69, 9.17) is 0 Å². The molecule has 0 bridgehead atoms. The van der Waals surface area contributed by atoms with Gasteiger partial charge < -0.3 is 10.2 Å². The van der Waals surface area contributed by atoms with Crippen molar-refractivity contribution in [2.45, 2.75) is 102 Å². The lowest BCUT2D eigenvalue weighted by molar-refractivity contribution is -0.138. The highest BCUT2D eigenvalue weighted by Crippen LogP contribution is 2.37. The molecule has 32 heavy (non-hydrogen) atoms. The molecule has 2 aliphatic rings. The highest BCUT2D eigenvalue weighted by atomic mass is 16.2. The average Bonchev–Trinajstić information content (AvgIpc) is 3.31. The van der Waals surface area contributed by atoms with Gasteiger partial charge in [-0.15, -0.1) is 0 Å². The van der Waals surface area contributed by atoms with Crippen LogP contribution in [0.3, 0.4) is 0 Å². The van der Waals surface area contributed by atoms with E-state index >= 15 is 0 Å². The number of nitrogens with one attached hydrogen (secondary N) is 1. The normalized spacial score (nSPS) is 21.2. The van der Waals surface area contributed by atoms with Gasteiger partial charge >= 0.3 is 0 Å². The zero-order valence-electron chi connectivity index (χ0n) is 19.8. The standard InChI is InChI=1S/C27H39N3O2/c1-21(2)27(20-28,22-12-5-3-6-13-22)18-10-9-17-25(31)30-19-11-16-24(30)26(32)29-23-14-7-4-8-15-23/h3,5-6,12-13,21,23-24H,4,7-11,14-19H2,1-2H3,(H,29,32)/t24-,27+/m1/s1. The van der Waals surface area contributed by atoms with Crippen molar-refractivity contribution in [3.63, 3.8) is 0 Å². The van der Waals surface area contributed by atoms with Gasteiger partial charge in [-0.3, -0.25) is 9.59 Å². The lowest BCUT2D eigenvalue weighted by Crippen LogP contribution is -2.49. The number of likely N-dealkylation sites (tertiary alicyclic amines) is 1. The SMILES string of the molecule is CC(C)[C@@](C#N)(CCCCC(=O)N1CCC[C@@H]1C(=O)NC1CCCCC1)c1ccccc1. The largest absolute Gasteiger partial charge is 0.352 e. The van der Waals surface area contributed by atoms with E-state index in [1.807, 2.05) is 30.3 Å². The molecule has 2 fully saturated rings. The number of rotatable bonds is 9. The Hall–Kier alpha value is -2.35. The molecule has 3 rings (SSSR count). The third kappa shape index (κ3) is 5.71. The number of carbonyl (C=O) groups is 2. The van der Waals surface area contributed by atoms with Crippen LogP contribution in [-0.4, -0.2) is 35.3 Å². The number of unbranched alkanes of at least 4 members (excludes halogenated alkanes) is 1. The van der Waals surface area contributed by atoms with E-state index in [1.54, 1.807) is 4.90 Å². The smallest absolute Gasteiger partial charge is 0.243 e. The molecular formula is C27H39N3O2. The molecule has 0 spiro atoms. The minimum Gasteiger partial charge on any atom is -0.352 e. The number of amides is 2.